The number of carbonyl (C=O) groups is 1. The Morgan fingerprint density at radius 3 is 2.32 bits per heavy atom. The van der Waals surface area contributed by atoms with Crippen molar-refractivity contribution in [1.82, 2.24) is 4.90 Å². The summed E-state index contributed by atoms with van der Waals surface area (Å²) in [6, 6.07) is 6.40. The minimum absolute atomic E-state index is 0.245. The molecule has 2 heterocycles. The predicted octanol–water partition coefficient (Wildman–Crippen LogP) is 3.00. The van der Waals surface area contributed by atoms with E-state index in [1.807, 2.05) is 11.8 Å². The Labute approximate surface area is 137 Å². The largest absolute Gasteiger partial charge is 0.371 e. The fourth-order valence-electron chi connectivity index (χ4n) is 3.34. The van der Waals surface area contributed by atoms with Gasteiger partial charge >= 0.3 is 0 Å². The number of nitrogens with zero attached hydrogens (tertiary/aromatic N) is 3. The Hall–Kier alpha value is -1.42. The molecule has 4 nitrogen and oxygen atoms in total. The molecule has 3 rings (SSSR count). The van der Waals surface area contributed by atoms with Crippen molar-refractivity contribution in [2.45, 2.75) is 26.2 Å². The van der Waals surface area contributed by atoms with Crippen LogP contribution in [0.3, 0.4) is 0 Å². The van der Waals surface area contributed by atoms with Gasteiger partial charge in [-0.1, -0.05) is 18.5 Å². The summed E-state index contributed by atoms with van der Waals surface area (Å²) in [5.74, 6) is 0.245. The van der Waals surface area contributed by atoms with E-state index < -0.39 is 0 Å². The molecule has 0 radical (unpaired) electrons. The van der Waals surface area contributed by atoms with Crippen molar-refractivity contribution in [2.24, 2.45) is 0 Å². The molecule has 0 saturated carbocycles. The van der Waals surface area contributed by atoms with E-state index in [-0.39, 0.29) is 5.91 Å². The quantitative estimate of drug-likeness (QED) is 0.856. The molecule has 2 saturated heterocycles. The molecule has 0 aliphatic carbocycles. The normalized spacial score (nSPS) is 18.9. The minimum Gasteiger partial charge on any atom is -0.371 e. The van der Waals surface area contributed by atoms with Gasteiger partial charge in [-0.2, -0.15) is 0 Å². The van der Waals surface area contributed by atoms with Crippen molar-refractivity contribution in [3.63, 3.8) is 0 Å². The molecule has 0 aromatic heterocycles. The summed E-state index contributed by atoms with van der Waals surface area (Å²) in [6.45, 7) is 7.47. The second kappa shape index (κ2) is 6.78. The van der Waals surface area contributed by atoms with Crippen molar-refractivity contribution in [3.05, 3.63) is 23.2 Å². The first kappa shape index (κ1) is 15.5. The van der Waals surface area contributed by atoms with Gasteiger partial charge in [-0.25, -0.2) is 0 Å². The molecule has 1 aromatic carbocycles. The Morgan fingerprint density at radius 1 is 1.05 bits per heavy atom. The molecule has 0 N–H and O–H groups in total. The van der Waals surface area contributed by atoms with Crippen LogP contribution in [0, 0.1) is 0 Å². The molecule has 2 fully saturated rings. The zero-order valence-corrected chi connectivity index (χ0v) is 14.0. The molecule has 2 aliphatic rings. The van der Waals surface area contributed by atoms with Crippen LogP contribution < -0.4 is 9.80 Å². The van der Waals surface area contributed by atoms with Gasteiger partial charge in [0.25, 0.3) is 0 Å². The van der Waals surface area contributed by atoms with Gasteiger partial charge in [-0.05, 0) is 31.0 Å². The number of hydrogen-bond donors (Lipinski definition) is 0. The molecule has 1 amide bonds. The highest BCUT2D eigenvalue weighted by molar-refractivity contribution is 6.33. The molecule has 22 heavy (non-hydrogen) atoms. The topological polar surface area (TPSA) is 26.8 Å². The third-order valence-electron chi connectivity index (χ3n) is 4.68. The smallest absolute Gasteiger partial charge is 0.222 e. The van der Waals surface area contributed by atoms with Crippen LogP contribution >= 0.6 is 11.6 Å². The highest BCUT2D eigenvalue weighted by Crippen LogP contribution is 2.32. The Bertz CT molecular complexity index is 535. The highest BCUT2D eigenvalue weighted by Gasteiger charge is 2.22. The average molecular weight is 322 g/mol. The number of piperazine rings is 1. The van der Waals surface area contributed by atoms with E-state index in [0.717, 1.165) is 50.0 Å². The number of benzene rings is 1. The van der Waals surface area contributed by atoms with Gasteiger partial charge in [-0.15, -0.1) is 0 Å². The highest BCUT2D eigenvalue weighted by atomic mass is 35.5. The second-order valence-electron chi connectivity index (χ2n) is 6.05. The van der Waals surface area contributed by atoms with Gasteiger partial charge in [0.05, 0.1) is 10.7 Å². The molecule has 0 unspecified atom stereocenters. The van der Waals surface area contributed by atoms with E-state index in [2.05, 4.69) is 28.0 Å². The SMILES string of the molecule is CCC(=O)N1CCN(c2ccc(N3CCCC3)cc2Cl)CC1. The van der Waals surface area contributed by atoms with Crippen LogP contribution in [-0.2, 0) is 4.79 Å². The number of amides is 1. The van der Waals surface area contributed by atoms with Crippen LogP contribution in [0.4, 0.5) is 11.4 Å². The van der Waals surface area contributed by atoms with Crippen molar-refractivity contribution in [3.8, 4) is 0 Å². The molecule has 5 heteroatoms. The maximum absolute atomic E-state index is 11.7. The van der Waals surface area contributed by atoms with E-state index in [4.69, 9.17) is 11.6 Å². The molecule has 120 valence electrons. The lowest BCUT2D eigenvalue weighted by Crippen LogP contribution is -2.48. The third-order valence-corrected chi connectivity index (χ3v) is 4.98. The average Bonchev–Trinajstić information content (AvgIpc) is 3.09. The zero-order chi connectivity index (χ0) is 15.5. The molecular weight excluding hydrogens is 298 g/mol. The third kappa shape index (κ3) is 3.17. The summed E-state index contributed by atoms with van der Waals surface area (Å²) in [5.41, 5.74) is 2.32. The minimum atomic E-state index is 0.245. The first-order valence-electron chi connectivity index (χ1n) is 8.26. The summed E-state index contributed by atoms with van der Waals surface area (Å²) in [5, 5.41) is 0.819. The number of rotatable bonds is 3. The summed E-state index contributed by atoms with van der Waals surface area (Å²) in [6.07, 6.45) is 3.13. The van der Waals surface area contributed by atoms with Gasteiger partial charge in [-0.3, -0.25) is 4.79 Å². The van der Waals surface area contributed by atoms with E-state index in [0.29, 0.717) is 6.42 Å². The van der Waals surface area contributed by atoms with E-state index >= 15 is 0 Å². The van der Waals surface area contributed by atoms with Crippen LogP contribution in [0.2, 0.25) is 5.02 Å². The van der Waals surface area contributed by atoms with Crippen molar-refractivity contribution < 1.29 is 4.79 Å². The predicted molar refractivity (Wildman–Crippen MR) is 92.0 cm³/mol. The fraction of sp³-hybridized carbons (Fsp3) is 0.588. The zero-order valence-electron chi connectivity index (χ0n) is 13.2. The first-order chi connectivity index (χ1) is 10.7. The van der Waals surface area contributed by atoms with Crippen molar-refractivity contribution in [2.75, 3.05) is 49.1 Å². The molecule has 0 bridgehead atoms. The van der Waals surface area contributed by atoms with Crippen LogP contribution in [-0.4, -0.2) is 50.1 Å². The fourth-order valence-corrected chi connectivity index (χ4v) is 3.64. The number of carbonyl (C=O) groups excluding carboxylic acids is 1. The molecule has 1 aromatic rings. The number of anilines is 2. The van der Waals surface area contributed by atoms with Gasteiger partial charge in [0.2, 0.25) is 5.91 Å². The van der Waals surface area contributed by atoms with Crippen LogP contribution in [0.25, 0.3) is 0 Å². The Kier molecular flexibility index (Phi) is 4.77. The van der Waals surface area contributed by atoms with E-state index in [9.17, 15) is 4.79 Å². The monoisotopic (exact) mass is 321 g/mol. The van der Waals surface area contributed by atoms with Gasteiger partial charge < -0.3 is 14.7 Å². The van der Waals surface area contributed by atoms with Crippen molar-refractivity contribution in [1.29, 1.82) is 0 Å². The van der Waals surface area contributed by atoms with Crippen LogP contribution in [0.5, 0.6) is 0 Å². The molecule has 0 spiro atoms. The molecule has 0 atom stereocenters. The summed E-state index contributed by atoms with van der Waals surface area (Å²) in [4.78, 5) is 18.4. The van der Waals surface area contributed by atoms with Crippen LogP contribution in [0.1, 0.15) is 26.2 Å². The lowest BCUT2D eigenvalue weighted by atomic mass is 10.2. The standard InChI is InChI=1S/C17H24ClN3O/c1-2-17(22)21-11-9-20(10-12-21)16-6-5-14(13-15(16)18)19-7-3-4-8-19/h5-6,13H,2-4,7-12H2,1H3. The van der Waals surface area contributed by atoms with Gasteiger partial charge in [0.15, 0.2) is 0 Å². The molecular formula is C17H24ClN3O. The maximum Gasteiger partial charge on any atom is 0.222 e. The summed E-state index contributed by atoms with van der Waals surface area (Å²) >= 11 is 6.52. The van der Waals surface area contributed by atoms with Crippen molar-refractivity contribution >= 4 is 28.9 Å². The molecule has 2 aliphatic heterocycles. The summed E-state index contributed by atoms with van der Waals surface area (Å²) < 4.78 is 0. The Balaban J connectivity index is 1.67. The number of halogens is 1. The number of hydrogen-bond acceptors (Lipinski definition) is 3. The van der Waals surface area contributed by atoms with Gasteiger partial charge in [0, 0.05) is 51.4 Å². The Morgan fingerprint density at radius 2 is 1.73 bits per heavy atom. The lowest BCUT2D eigenvalue weighted by Gasteiger charge is -2.36. The first-order valence-corrected chi connectivity index (χ1v) is 8.64. The van der Waals surface area contributed by atoms with Crippen LogP contribution in [0.15, 0.2) is 18.2 Å². The van der Waals surface area contributed by atoms with E-state index in [1.165, 1.54) is 18.5 Å². The van der Waals surface area contributed by atoms with Gasteiger partial charge in [0.1, 0.15) is 0 Å². The summed E-state index contributed by atoms with van der Waals surface area (Å²) in [7, 11) is 0. The maximum atomic E-state index is 11.7. The second-order valence-corrected chi connectivity index (χ2v) is 6.46. The lowest BCUT2D eigenvalue weighted by molar-refractivity contribution is -0.131. The van der Waals surface area contributed by atoms with E-state index in [1.54, 1.807) is 0 Å².